The van der Waals surface area contributed by atoms with Gasteiger partial charge in [-0.1, -0.05) is 6.08 Å². The van der Waals surface area contributed by atoms with Crippen molar-refractivity contribution >= 4 is 22.8 Å². The number of aryl methyl sites for hydroxylation is 1. The summed E-state index contributed by atoms with van der Waals surface area (Å²) in [6.45, 7) is 4.96. The first-order chi connectivity index (χ1) is 13.5. The highest BCUT2D eigenvalue weighted by atomic mass is 16.5. The lowest BCUT2D eigenvalue weighted by molar-refractivity contribution is 0.403. The minimum Gasteiger partial charge on any atom is -0.497 e. The van der Waals surface area contributed by atoms with Crippen LogP contribution in [0.4, 0.5) is 11.6 Å². The maximum absolute atomic E-state index is 13.0. The summed E-state index contributed by atoms with van der Waals surface area (Å²) in [5.41, 5.74) is 0.767. The number of nitrogens with zero attached hydrogens (tertiary/aromatic N) is 5. The Kier molecular flexibility index (Phi) is 4.21. The van der Waals surface area contributed by atoms with Crippen molar-refractivity contribution in [2.24, 2.45) is 7.05 Å². The predicted octanol–water partition coefficient (Wildman–Crippen LogP) is 1.25. The van der Waals surface area contributed by atoms with Gasteiger partial charge >= 0.3 is 5.69 Å². The smallest absolute Gasteiger partial charge is 0.332 e. The number of benzene rings is 1. The normalized spacial score (nSPS) is 13.0. The highest BCUT2D eigenvalue weighted by Gasteiger charge is 2.30. The van der Waals surface area contributed by atoms with E-state index in [9.17, 15) is 9.59 Å². The lowest BCUT2D eigenvalue weighted by atomic mass is 10.2. The molecule has 0 aliphatic carbocycles. The molecule has 0 amide bonds. The molecule has 146 valence electrons. The largest absolute Gasteiger partial charge is 0.497 e. The van der Waals surface area contributed by atoms with Crippen LogP contribution in [0.15, 0.2) is 40.4 Å². The van der Waals surface area contributed by atoms with Crippen molar-refractivity contribution in [1.82, 2.24) is 18.7 Å². The van der Waals surface area contributed by atoms with Crippen LogP contribution in [-0.4, -0.2) is 39.4 Å². The Bertz CT molecular complexity index is 1200. The van der Waals surface area contributed by atoms with Crippen molar-refractivity contribution in [3.05, 3.63) is 51.7 Å². The standard InChI is InChI=1S/C19H21N5O4/c1-5-8-24-17(25)15-16(21(2)19(24)26)20-18-22(9-10-23(15)18)13-11-12(27-3)6-7-14(13)28-4/h5-7,11H,1,8-10H2,2-4H3. The topological polar surface area (TPSA) is 83.5 Å². The van der Waals surface area contributed by atoms with Crippen LogP contribution in [0.3, 0.4) is 0 Å². The highest BCUT2D eigenvalue weighted by Crippen LogP contribution is 2.39. The third kappa shape index (κ3) is 2.43. The summed E-state index contributed by atoms with van der Waals surface area (Å²) in [7, 11) is 4.81. The zero-order chi connectivity index (χ0) is 20.0. The molecule has 1 aromatic carbocycles. The predicted molar refractivity (Wildman–Crippen MR) is 106 cm³/mol. The van der Waals surface area contributed by atoms with Crippen LogP contribution in [0.1, 0.15) is 0 Å². The van der Waals surface area contributed by atoms with Crippen LogP contribution in [-0.2, 0) is 20.1 Å². The van der Waals surface area contributed by atoms with Crippen LogP contribution >= 0.6 is 0 Å². The molecule has 1 aliphatic heterocycles. The molecular formula is C19H21N5O4. The molecule has 3 heterocycles. The number of imidazole rings is 1. The molecular weight excluding hydrogens is 362 g/mol. The van der Waals surface area contributed by atoms with Crippen LogP contribution in [0.2, 0.25) is 0 Å². The van der Waals surface area contributed by atoms with E-state index in [1.807, 2.05) is 27.7 Å². The summed E-state index contributed by atoms with van der Waals surface area (Å²) in [5, 5.41) is 0. The summed E-state index contributed by atoms with van der Waals surface area (Å²) >= 11 is 0. The maximum atomic E-state index is 13.0. The van der Waals surface area contributed by atoms with Crippen molar-refractivity contribution in [3.8, 4) is 11.5 Å². The Balaban J connectivity index is 1.97. The van der Waals surface area contributed by atoms with E-state index in [1.54, 1.807) is 21.3 Å². The Morgan fingerprint density at radius 1 is 1.21 bits per heavy atom. The molecule has 0 fully saturated rings. The lowest BCUT2D eigenvalue weighted by Gasteiger charge is -2.19. The molecule has 0 spiro atoms. The molecule has 0 bridgehead atoms. The van der Waals surface area contributed by atoms with Crippen LogP contribution < -0.4 is 25.6 Å². The fourth-order valence-corrected chi connectivity index (χ4v) is 3.60. The SMILES string of the molecule is C=CCn1c(=O)c2c(nc3n2CCN3c2cc(OC)ccc2OC)n(C)c1=O. The van der Waals surface area contributed by atoms with E-state index in [2.05, 4.69) is 11.6 Å². The van der Waals surface area contributed by atoms with Crippen molar-refractivity contribution in [3.63, 3.8) is 0 Å². The van der Waals surface area contributed by atoms with Gasteiger partial charge in [0.05, 0.1) is 19.9 Å². The molecule has 9 heteroatoms. The van der Waals surface area contributed by atoms with Gasteiger partial charge in [-0.3, -0.25) is 13.9 Å². The van der Waals surface area contributed by atoms with Crippen molar-refractivity contribution in [2.45, 2.75) is 13.1 Å². The Labute approximate surface area is 160 Å². The van der Waals surface area contributed by atoms with Crippen molar-refractivity contribution in [1.29, 1.82) is 0 Å². The number of hydrogen-bond acceptors (Lipinski definition) is 6. The zero-order valence-corrected chi connectivity index (χ0v) is 16.0. The molecule has 9 nitrogen and oxygen atoms in total. The average Bonchev–Trinajstić information content (AvgIpc) is 3.28. The number of rotatable bonds is 5. The van der Waals surface area contributed by atoms with Gasteiger partial charge in [-0.2, -0.15) is 4.98 Å². The number of anilines is 2. The minimum absolute atomic E-state index is 0.148. The van der Waals surface area contributed by atoms with Gasteiger partial charge in [-0.25, -0.2) is 4.79 Å². The van der Waals surface area contributed by atoms with Crippen LogP contribution in [0.5, 0.6) is 11.5 Å². The number of fused-ring (bicyclic) bond motifs is 3. The van der Waals surface area contributed by atoms with E-state index in [-0.39, 0.29) is 12.1 Å². The van der Waals surface area contributed by atoms with Gasteiger partial charge in [0, 0.05) is 32.7 Å². The van der Waals surface area contributed by atoms with Crippen molar-refractivity contribution < 1.29 is 9.47 Å². The molecule has 0 unspecified atom stereocenters. The third-order valence-electron chi connectivity index (χ3n) is 4.99. The summed E-state index contributed by atoms with van der Waals surface area (Å²) in [6.07, 6.45) is 1.53. The molecule has 2 aromatic heterocycles. The van der Waals surface area contributed by atoms with Crippen LogP contribution in [0.25, 0.3) is 11.2 Å². The van der Waals surface area contributed by atoms with Gasteiger partial charge in [-0.15, -0.1) is 6.58 Å². The van der Waals surface area contributed by atoms with Gasteiger partial charge < -0.3 is 18.9 Å². The average molecular weight is 383 g/mol. The molecule has 0 saturated heterocycles. The first-order valence-corrected chi connectivity index (χ1v) is 8.82. The monoisotopic (exact) mass is 383 g/mol. The second kappa shape index (κ2) is 6.59. The van der Waals surface area contributed by atoms with E-state index in [0.29, 0.717) is 41.7 Å². The van der Waals surface area contributed by atoms with Gasteiger partial charge in [0.1, 0.15) is 11.5 Å². The first-order valence-electron chi connectivity index (χ1n) is 8.82. The summed E-state index contributed by atoms with van der Waals surface area (Å²) in [4.78, 5) is 32.1. The number of methoxy groups -OCH3 is 2. The quantitative estimate of drug-likeness (QED) is 0.617. The van der Waals surface area contributed by atoms with Gasteiger partial charge in [0.15, 0.2) is 11.2 Å². The number of aromatic nitrogens is 4. The van der Waals surface area contributed by atoms with E-state index in [1.165, 1.54) is 15.2 Å². The van der Waals surface area contributed by atoms with E-state index in [4.69, 9.17) is 9.47 Å². The summed E-state index contributed by atoms with van der Waals surface area (Å²) in [6, 6.07) is 5.51. The highest BCUT2D eigenvalue weighted by molar-refractivity contribution is 5.79. The number of allylic oxidation sites excluding steroid dienone is 1. The lowest BCUT2D eigenvalue weighted by Crippen LogP contribution is -2.39. The van der Waals surface area contributed by atoms with E-state index in [0.717, 1.165) is 5.69 Å². The fraction of sp³-hybridized carbons (Fsp3) is 0.316. The second-order valence-electron chi connectivity index (χ2n) is 6.47. The van der Waals surface area contributed by atoms with Gasteiger partial charge in [0.25, 0.3) is 5.56 Å². The molecule has 28 heavy (non-hydrogen) atoms. The van der Waals surface area contributed by atoms with Crippen LogP contribution in [0, 0.1) is 0 Å². The zero-order valence-electron chi connectivity index (χ0n) is 16.0. The van der Waals surface area contributed by atoms with Gasteiger partial charge in [-0.05, 0) is 12.1 Å². The molecule has 0 atom stereocenters. The Morgan fingerprint density at radius 2 is 2.00 bits per heavy atom. The molecule has 0 saturated carbocycles. The Hall–Kier alpha value is -3.49. The van der Waals surface area contributed by atoms with E-state index >= 15 is 0 Å². The fourth-order valence-electron chi connectivity index (χ4n) is 3.60. The third-order valence-corrected chi connectivity index (χ3v) is 4.99. The molecule has 3 aromatic rings. The molecule has 0 N–H and O–H groups in total. The maximum Gasteiger partial charge on any atom is 0.332 e. The van der Waals surface area contributed by atoms with E-state index < -0.39 is 5.69 Å². The number of hydrogen-bond donors (Lipinski definition) is 0. The van der Waals surface area contributed by atoms with Gasteiger partial charge in [0.2, 0.25) is 5.95 Å². The number of ether oxygens (including phenoxy) is 2. The minimum atomic E-state index is -0.417. The molecule has 4 rings (SSSR count). The Morgan fingerprint density at radius 3 is 2.68 bits per heavy atom. The summed E-state index contributed by atoms with van der Waals surface area (Å²) in [5.74, 6) is 1.94. The first kappa shape index (κ1) is 17.9. The second-order valence-corrected chi connectivity index (χ2v) is 6.47. The molecule has 1 aliphatic rings. The summed E-state index contributed by atoms with van der Waals surface area (Å²) < 4.78 is 15.2. The van der Waals surface area contributed by atoms with Crippen molar-refractivity contribution in [2.75, 3.05) is 25.7 Å². The molecule has 0 radical (unpaired) electrons.